The minimum atomic E-state index is 0.0947. The average Bonchev–Trinajstić information content (AvgIpc) is 2.97. The fourth-order valence-electron chi connectivity index (χ4n) is 2.66. The maximum Gasteiger partial charge on any atom is 0.255 e. The van der Waals surface area contributed by atoms with Gasteiger partial charge in [0.2, 0.25) is 0 Å². The molecule has 110 valence electrons. The van der Waals surface area contributed by atoms with E-state index in [1.807, 2.05) is 44.1 Å². The number of benzene rings is 1. The van der Waals surface area contributed by atoms with Crippen molar-refractivity contribution in [3.63, 3.8) is 0 Å². The maximum absolute atomic E-state index is 12.5. The molecule has 4 nitrogen and oxygen atoms in total. The van der Waals surface area contributed by atoms with Crippen LogP contribution in [0.2, 0.25) is 0 Å². The van der Waals surface area contributed by atoms with Crippen LogP contribution in [0.15, 0.2) is 18.2 Å². The summed E-state index contributed by atoms with van der Waals surface area (Å²) in [5.74, 6) is 0.0947. The monoisotopic (exact) mass is 275 g/mol. The number of anilines is 1. The van der Waals surface area contributed by atoms with Crippen LogP contribution in [0.25, 0.3) is 0 Å². The molecule has 0 aliphatic carbocycles. The van der Waals surface area contributed by atoms with Crippen LogP contribution in [0.5, 0.6) is 0 Å². The summed E-state index contributed by atoms with van der Waals surface area (Å²) in [6.07, 6.45) is 2.58. The number of hydrogen-bond acceptors (Lipinski definition) is 3. The highest BCUT2D eigenvalue weighted by atomic mass is 16.2. The molecule has 4 heteroatoms. The first-order valence-corrected chi connectivity index (χ1v) is 7.38. The maximum atomic E-state index is 12.5. The Bertz CT molecular complexity index is 467. The van der Waals surface area contributed by atoms with E-state index in [0.29, 0.717) is 0 Å². The van der Waals surface area contributed by atoms with Crippen molar-refractivity contribution in [1.82, 2.24) is 9.80 Å². The minimum Gasteiger partial charge on any atom is -0.387 e. The number of rotatable bonds is 5. The molecule has 1 saturated heterocycles. The van der Waals surface area contributed by atoms with Gasteiger partial charge in [-0.05, 0) is 45.0 Å². The van der Waals surface area contributed by atoms with Crippen LogP contribution in [0, 0.1) is 6.92 Å². The lowest BCUT2D eigenvalue weighted by atomic mass is 10.1. The first-order valence-electron chi connectivity index (χ1n) is 7.38. The van der Waals surface area contributed by atoms with Crippen molar-refractivity contribution in [2.45, 2.75) is 19.8 Å². The quantitative estimate of drug-likeness (QED) is 0.895. The Balaban J connectivity index is 2.00. The highest BCUT2D eigenvalue weighted by Gasteiger charge is 2.17. The zero-order chi connectivity index (χ0) is 14.5. The van der Waals surface area contributed by atoms with Crippen molar-refractivity contribution < 1.29 is 4.79 Å². The summed E-state index contributed by atoms with van der Waals surface area (Å²) >= 11 is 0. The molecule has 1 fully saturated rings. The topological polar surface area (TPSA) is 35.6 Å². The van der Waals surface area contributed by atoms with Crippen LogP contribution in [0.3, 0.4) is 0 Å². The van der Waals surface area contributed by atoms with Gasteiger partial charge in [0.25, 0.3) is 5.91 Å². The number of nitrogens with zero attached hydrogens (tertiary/aromatic N) is 2. The fourth-order valence-corrected chi connectivity index (χ4v) is 2.66. The van der Waals surface area contributed by atoms with Crippen molar-refractivity contribution in [2.24, 2.45) is 0 Å². The molecule has 1 heterocycles. The van der Waals surface area contributed by atoms with Crippen molar-refractivity contribution in [3.8, 4) is 0 Å². The molecule has 2 rings (SSSR count). The molecule has 1 aliphatic rings. The van der Waals surface area contributed by atoms with Gasteiger partial charge >= 0.3 is 0 Å². The molecule has 0 atom stereocenters. The van der Waals surface area contributed by atoms with Gasteiger partial charge in [0.1, 0.15) is 0 Å². The molecule has 1 aromatic rings. The van der Waals surface area contributed by atoms with Gasteiger partial charge < -0.3 is 15.1 Å². The lowest BCUT2D eigenvalue weighted by Crippen LogP contribution is -2.35. The van der Waals surface area contributed by atoms with E-state index in [2.05, 4.69) is 10.2 Å². The van der Waals surface area contributed by atoms with Gasteiger partial charge in [-0.3, -0.25) is 4.79 Å². The Morgan fingerprint density at radius 2 is 2.05 bits per heavy atom. The second-order valence-electron chi connectivity index (χ2n) is 5.57. The number of nitrogens with one attached hydrogen (secondary N) is 1. The van der Waals surface area contributed by atoms with Crippen LogP contribution in [-0.4, -0.2) is 56.0 Å². The predicted octanol–water partition coefficient (Wildman–Crippen LogP) is 2.20. The van der Waals surface area contributed by atoms with Crippen molar-refractivity contribution in [2.75, 3.05) is 45.6 Å². The van der Waals surface area contributed by atoms with Crippen LogP contribution in [-0.2, 0) is 0 Å². The van der Waals surface area contributed by atoms with E-state index in [0.717, 1.165) is 29.9 Å². The molecule has 1 aliphatic heterocycles. The summed E-state index contributed by atoms with van der Waals surface area (Å²) in [5, 5.41) is 3.10. The molecule has 1 amide bonds. The summed E-state index contributed by atoms with van der Waals surface area (Å²) < 4.78 is 0. The predicted molar refractivity (Wildman–Crippen MR) is 83.4 cm³/mol. The summed E-state index contributed by atoms with van der Waals surface area (Å²) in [4.78, 5) is 16.8. The highest BCUT2D eigenvalue weighted by Crippen LogP contribution is 2.18. The van der Waals surface area contributed by atoms with Crippen molar-refractivity contribution in [3.05, 3.63) is 29.3 Å². The average molecular weight is 275 g/mol. The summed E-state index contributed by atoms with van der Waals surface area (Å²) in [5.41, 5.74) is 2.77. The molecular formula is C16H25N3O. The Morgan fingerprint density at radius 3 is 2.70 bits per heavy atom. The SMILES string of the molecule is CNc1ccc(C)cc1C(=O)N(C)CCN1CCCC1. The number of aryl methyl sites for hydroxylation is 1. The first kappa shape index (κ1) is 14.9. The van der Waals surface area contributed by atoms with Gasteiger partial charge in [-0.15, -0.1) is 0 Å². The van der Waals surface area contributed by atoms with E-state index in [1.54, 1.807) is 0 Å². The second kappa shape index (κ2) is 6.75. The lowest BCUT2D eigenvalue weighted by Gasteiger charge is -2.22. The second-order valence-corrected chi connectivity index (χ2v) is 5.57. The van der Waals surface area contributed by atoms with E-state index in [-0.39, 0.29) is 5.91 Å². The Morgan fingerprint density at radius 1 is 1.35 bits per heavy atom. The third-order valence-corrected chi connectivity index (χ3v) is 3.97. The molecule has 0 saturated carbocycles. The van der Waals surface area contributed by atoms with E-state index in [4.69, 9.17) is 0 Å². The highest BCUT2D eigenvalue weighted by molar-refractivity contribution is 5.99. The van der Waals surface area contributed by atoms with E-state index >= 15 is 0 Å². The lowest BCUT2D eigenvalue weighted by molar-refractivity contribution is 0.0783. The Labute approximate surface area is 121 Å². The summed E-state index contributed by atoms with van der Waals surface area (Å²) in [7, 11) is 3.74. The standard InChI is InChI=1S/C16H25N3O/c1-13-6-7-15(17-2)14(12-13)16(20)18(3)10-11-19-8-4-5-9-19/h6-7,12,17H,4-5,8-11H2,1-3H3. The molecule has 0 unspecified atom stereocenters. The molecule has 0 spiro atoms. The van der Waals surface area contributed by atoms with E-state index in [1.165, 1.54) is 25.9 Å². The zero-order valence-electron chi connectivity index (χ0n) is 12.8. The minimum absolute atomic E-state index is 0.0947. The van der Waals surface area contributed by atoms with Crippen LogP contribution < -0.4 is 5.32 Å². The molecule has 1 aromatic carbocycles. The Kier molecular flexibility index (Phi) is 5.01. The third kappa shape index (κ3) is 3.51. The molecule has 0 bridgehead atoms. The van der Waals surface area contributed by atoms with Crippen LogP contribution in [0.4, 0.5) is 5.69 Å². The Hall–Kier alpha value is -1.55. The number of carbonyl (C=O) groups is 1. The summed E-state index contributed by atoms with van der Waals surface area (Å²) in [6, 6.07) is 5.95. The van der Waals surface area contributed by atoms with Gasteiger partial charge in [0, 0.05) is 32.9 Å². The number of amides is 1. The molecule has 0 aromatic heterocycles. The number of carbonyl (C=O) groups excluding carboxylic acids is 1. The van der Waals surface area contributed by atoms with Gasteiger partial charge in [-0.2, -0.15) is 0 Å². The molecule has 1 N–H and O–H groups in total. The van der Waals surface area contributed by atoms with Gasteiger partial charge in [-0.25, -0.2) is 0 Å². The van der Waals surface area contributed by atoms with Crippen LogP contribution in [0.1, 0.15) is 28.8 Å². The number of likely N-dealkylation sites (tertiary alicyclic amines) is 1. The molecular weight excluding hydrogens is 250 g/mol. The number of likely N-dealkylation sites (N-methyl/N-ethyl adjacent to an activating group) is 1. The largest absolute Gasteiger partial charge is 0.387 e. The third-order valence-electron chi connectivity index (χ3n) is 3.97. The first-order chi connectivity index (χ1) is 9.61. The van der Waals surface area contributed by atoms with Crippen molar-refractivity contribution >= 4 is 11.6 Å². The molecule has 20 heavy (non-hydrogen) atoms. The van der Waals surface area contributed by atoms with Gasteiger partial charge in [0.05, 0.1) is 5.56 Å². The smallest absolute Gasteiger partial charge is 0.255 e. The summed E-state index contributed by atoms with van der Waals surface area (Å²) in [6.45, 7) is 6.13. The van der Waals surface area contributed by atoms with Gasteiger partial charge in [-0.1, -0.05) is 11.6 Å². The molecule has 0 radical (unpaired) electrons. The van der Waals surface area contributed by atoms with E-state index < -0.39 is 0 Å². The number of hydrogen-bond donors (Lipinski definition) is 1. The van der Waals surface area contributed by atoms with E-state index in [9.17, 15) is 4.79 Å². The van der Waals surface area contributed by atoms with Crippen molar-refractivity contribution in [1.29, 1.82) is 0 Å². The van der Waals surface area contributed by atoms with Crippen LogP contribution >= 0.6 is 0 Å². The fraction of sp³-hybridized carbons (Fsp3) is 0.562. The van der Waals surface area contributed by atoms with Gasteiger partial charge in [0.15, 0.2) is 0 Å². The normalized spacial score (nSPS) is 15.3. The zero-order valence-corrected chi connectivity index (χ0v) is 12.8.